The highest BCUT2D eigenvalue weighted by Gasteiger charge is 2.20. The molecule has 1 aliphatic heterocycles. The van der Waals surface area contributed by atoms with Crippen molar-refractivity contribution < 1.29 is 4.74 Å². The minimum absolute atomic E-state index is 0.455. The second kappa shape index (κ2) is 6.18. The van der Waals surface area contributed by atoms with Gasteiger partial charge in [0.25, 0.3) is 0 Å². The molecule has 1 atom stereocenters. The quantitative estimate of drug-likeness (QED) is 0.834. The smallest absolute Gasteiger partial charge is 0.163 e. The van der Waals surface area contributed by atoms with Crippen molar-refractivity contribution >= 4 is 16.9 Å². The van der Waals surface area contributed by atoms with Crippen LogP contribution in [0.2, 0.25) is 0 Å². The first kappa shape index (κ1) is 15.2. The zero-order valence-electron chi connectivity index (χ0n) is 13.8. The van der Waals surface area contributed by atoms with E-state index in [4.69, 9.17) is 4.74 Å². The molecule has 2 aromatic rings. The van der Waals surface area contributed by atoms with Crippen LogP contribution in [0.3, 0.4) is 0 Å². The van der Waals surface area contributed by atoms with Crippen molar-refractivity contribution in [2.45, 2.75) is 19.9 Å². The minimum Gasteiger partial charge on any atom is -0.379 e. The highest BCUT2D eigenvalue weighted by atomic mass is 16.5. The molecule has 0 amide bonds. The van der Waals surface area contributed by atoms with Gasteiger partial charge < -0.3 is 9.64 Å². The van der Waals surface area contributed by atoms with Gasteiger partial charge in [0, 0.05) is 39.8 Å². The number of rotatable bonds is 4. The highest BCUT2D eigenvalue weighted by molar-refractivity contribution is 5.86. The number of aryl methyl sites for hydroxylation is 2. The van der Waals surface area contributed by atoms with Gasteiger partial charge in [-0.2, -0.15) is 5.10 Å². The van der Waals surface area contributed by atoms with E-state index in [0.717, 1.165) is 55.5 Å². The van der Waals surface area contributed by atoms with Gasteiger partial charge in [-0.1, -0.05) is 0 Å². The van der Waals surface area contributed by atoms with Crippen LogP contribution in [0, 0.1) is 6.92 Å². The number of ether oxygens (including phenoxy) is 1. The maximum atomic E-state index is 5.43. The van der Waals surface area contributed by atoms with Crippen molar-refractivity contribution in [3.63, 3.8) is 0 Å². The van der Waals surface area contributed by atoms with Crippen LogP contribution in [0.15, 0.2) is 6.20 Å². The molecule has 120 valence electrons. The predicted molar refractivity (Wildman–Crippen MR) is 86.2 cm³/mol. The van der Waals surface area contributed by atoms with E-state index in [1.807, 2.05) is 20.2 Å². The lowest BCUT2D eigenvalue weighted by Gasteiger charge is -2.34. The molecule has 3 heterocycles. The summed E-state index contributed by atoms with van der Waals surface area (Å²) in [5, 5.41) is 5.31. The summed E-state index contributed by atoms with van der Waals surface area (Å²) in [6.07, 6.45) is 1.85. The second-order valence-corrected chi connectivity index (χ2v) is 5.98. The van der Waals surface area contributed by atoms with Crippen LogP contribution in [0.5, 0.6) is 0 Å². The number of likely N-dealkylation sites (N-methyl/N-ethyl adjacent to an activating group) is 1. The van der Waals surface area contributed by atoms with Crippen molar-refractivity contribution in [3.05, 3.63) is 12.0 Å². The Bertz CT molecular complexity index is 649. The number of morpholine rings is 1. The zero-order chi connectivity index (χ0) is 15.7. The summed E-state index contributed by atoms with van der Waals surface area (Å²) in [4.78, 5) is 13.8. The van der Waals surface area contributed by atoms with E-state index in [1.165, 1.54) is 0 Å². The summed E-state index contributed by atoms with van der Waals surface area (Å²) in [7, 11) is 4.00. The molecule has 1 fully saturated rings. The second-order valence-electron chi connectivity index (χ2n) is 5.98. The SMILES string of the molecule is Cc1nc(N(C)CC(C)N2CCOCC2)c2cnn(C)c2n1. The van der Waals surface area contributed by atoms with E-state index in [0.29, 0.717) is 6.04 Å². The van der Waals surface area contributed by atoms with Gasteiger partial charge in [-0.3, -0.25) is 9.58 Å². The first-order chi connectivity index (χ1) is 10.6. The lowest BCUT2D eigenvalue weighted by Crippen LogP contribution is -2.47. The Kier molecular flexibility index (Phi) is 4.26. The van der Waals surface area contributed by atoms with Gasteiger partial charge in [0.1, 0.15) is 11.6 Å². The van der Waals surface area contributed by atoms with Gasteiger partial charge in [-0.05, 0) is 13.8 Å². The van der Waals surface area contributed by atoms with Crippen LogP contribution >= 0.6 is 0 Å². The molecule has 0 bridgehead atoms. The van der Waals surface area contributed by atoms with E-state index >= 15 is 0 Å². The number of hydrogen-bond donors (Lipinski definition) is 0. The third kappa shape index (κ3) is 2.91. The molecule has 22 heavy (non-hydrogen) atoms. The number of aromatic nitrogens is 4. The molecule has 1 unspecified atom stereocenters. The van der Waals surface area contributed by atoms with E-state index in [1.54, 1.807) is 4.68 Å². The fraction of sp³-hybridized carbons (Fsp3) is 0.667. The molecular weight excluding hydrogens is 280 g/mol. The number of nitrogens with zero attached hydrogens (tertiary/aromatic N) is 6. The summed E-state index contributed by atoms with van der Waals surface area (Å²) in [5.41, 5.74) is 0.883. The van der Waals surface area contributed by atoms with Gasteiger partial charge >= 0.3 is 0 Å². The normalized spacial score (nSPS) is 17.8. The standard InChI is InChI=1S/C15H24N6O/c1-11(21-5-7-22-8-6-21)10-19(3)14-13-9-16-20(4)15(13)18-12(2)17-14/h9,11H,5-8,10H2,1-4H3. The average Bonchev–Trinajstić information content (AvgIpc) is 2.88. The molecule has 0 saturated carbocycles. The molecule has 1 saturated heterocycles. The Balaban J connectivity index is 1.81. The Hall–Kier alpha value is -1.73. The Morgan fingerprint density at radius 2 is 2.05 bits per heavy atom. The topological polar surface area (TPSA) is 59.3 Å². The molecule has 2 aromatic heterocycles. The van der Waals surface area contributed by atoms with Crippen LogP contribution in [0.1, 0.15) is 12.7 Å². The largest absolute Gasteiger partial charge is 0.379 e. The van der Waals surface area contributed by atoms with Crippen LogP contribution in [0.25, 0.3) is 11.0 Å². The van der Waals surface area contributed by atoms with E-state index in [2.05, 4.69) is 38.8 Å². The van der Waals surface area contributed by atoms with Crippen molar-refractivity contribution in [3.8, 4) is 0 Å². The van der Waals surface area contributed by atoms with Crippen LogP contribution in [-0.4, -0.2) is 70.6 Å². The Morgan fingerprint density at radius 1 is 1.32 bits per heavy atom. The fourth-order valence-corrected chi connectivity index (χ4v) is 3.02. The predicted octanol–water partition coefficient (Wildman–Crippen LogP) is 0.829. The van der Waals surface area contributed by atoms with Gasteiger partial charge in [-0.25, -0.2) is 9.97 Å². The summed E-state index contributed by atoms with van der Waals surface area (Å²) in [5.74, 6) is 1.73. The number of hydrogen-bond acceptors (Lipinski definition) is 6. The Labute approximate surface area is 130 Å². The molecule has 0 N–H and O–H groups in total. The van der Waals surface area contributed by atoms with Gasteiger partial charge in [0.05, 0.1) is 24.8 Å². The zero-order valence-corrected chi connectivity index (χ0v) is 13.8. The fourth-order valence-electron chi connectivity index (χ4n) is 3.02. The average molecular weight is 304 g/mol. The summed E-state index contributed by atoms with van der Waals surface area (Å²) < 4.78 is 7.23. The molecule has 7 nitrogen and oxygen atoms in total. The van der Waals surface area contributed by atoms with Crippen LogP contribution < -0.4 is 4.90 Å². The summed E-state index contributed by atoms with van der Waals surface area (Å²) in [6, 6.07) is 0.455. The van der Waals surface area contributed by atoms with Crippen LogP contribution in [-0.2, 0) is 11.8 Å². The first-order valence-electron chi connectivity index (χ1n) is 7.75. The van der Waals surface area contributed by atoms with Crippen molar-refractivity contribution in [2.24, 2.45) is 7.05 Å². The van der Waals surface area contributed by atoms with Crippen molar-refractivity contribution in [1.82, 2.24) is 24.6 Å². The molecule has 7 heteroatoms. The molecule has 0 aromatic carbocycles. The first-order valence-corrected chi connectivity index (χ1v) is 7.75. The maximum Gasteiger partial charge on any atom is 0.163 e. The molecule has 0 radical (unpaired) electrons. The monoisotopic (exact) mass is 304 g/mol. The van der Waals surface area contributed by atoms with E-state index < -0.39 is 0 Å². The highest BCUT2D eigenvalue weighted by Crippen LogP contribution is 2.23. The van der Waals surface area contributed by atoms with Crippen molar-refractivity contribution in [1.29, 1.82) is 0 Å². The third-order valence-corrected chi connectivity index (χ3v) is 4.25. The lowest BCUT2D eigenvalue weighted by atomic mass is 10.2. The lowest BCUT2D eigenvalue weighted by molar-refractivity contribution is 0.0218. The number of fused-ring (bicyclic) bond motifs is 1. The minimum atomic E-state index is 0.455. The third-order valence-electron chi connectivity index (χ3n) is 4.25. The Morgan fingerprint density at radius 3 is 2.77 bits per heavy atom. The van der Waals surface area contributed by atoms with Gasteiger partial charge in [-0.15, -0.1) is 0 Å². The summed E-state index contributed by atoms with van der Waals surface area (Å²) >= 11 is 0. The maximum absolute atomic E-state index is 5.43. The molecular formula is C15H24N6O. The number of anilines is 1. The van der Waals surface area contributed by atoms with Gasteiger partial charge in [0.2, 0.25) is 0 Å². The molecule has 0 spiro atoms. The molecule has 3 rings (SSSR count). The molecule has 0 aliphatic carbocycles. The van der Waals surface area contributed by atoms with E-state index in [-0.39, 0.29) is 0 Å². The van der Waals surface area contributed by atoms with Crippen LogP contribution in [0.4, 0.5) is 5.82 Å². The van der Waals surface area contributed by atoms with E-state index in [9.17, 15) is 0 Å². The van der Waals surface area contributed by atoms with Crippen molar-refractivity contribution in [2.75, 3.05) is 44.8 Å². The summed E-state index contributed by atoms with van der Waals surface area (Å²) in [6.45, 7) is 8.76. The molecule has 1 aliphatic rings. The van der Waals surface area contributed by atoms with Gasteiger partial charge in [0.15, 0.2) is 5.65 Å².